The highest BCUT2D eigenvalue weighted by atomic mass is 19.3. The van der Waals surface area contributed by atoms with E-state index in [-0.39, 0.29) is 11.8 Å². The van der Waals surface area contributed by atoms with E-state index in [0.717, 1.165) is 12.0 Å². The molecule has 1 aromatic carbocycles. The lowest BCUT2D eigenvalue weighted by Crippen LogP contribution is -2.05. The summed E-state index contributed by atoms with van der Waals surface area (Å²) in [5, 5.41) is 0. The molecule has 0 amide bonds. The normalized spacial score (nSPS) is 24.3. The summed E-state index contributed by atoms with van der Waals surface area (Å²) in [7, 11) is 0. The Hall–Kier alpha value is -1.16. The van der Waals surface area contributed by atoms with Crippen LogP contribution in [0.25, 0.3) is 0 Å². The van der Waals surface area contributed by atoms with Gasteiger partial charge in [0.05, 0.1) is 0 Å². The minimum absolute atomic E-state index is 0.173. The fourth-order valence-electron chi connectivity index (χ4n) is 1.67. The third kappa shape index (κ3) is 2.26. The number of nitrogens with two attached hydrogens (primary N) is 1. The number of halogens is 2. The molecule has 2 atom stereocenters. The smallest absolute Gasteiger partial charge is 0.387 e. The number of aryl methyl sites for hydroxylation is 1. The van der Waals surface area contributed by atoms with Crippen molar-refractivity contribution in [3.63, 3.8) is 0 Å². The highest BCUT2D eigenvalue weighted by molar-refractivity contribution is 5.40. The van der Waals surface area contributed by atoms with Gasteiger partial charge in [-0.1, -0.05) is 12.1 Å². The van der Waals surface area contributed by atoms with Crippen molar-refractivity contribution in [3.8, 4) is 5.75 Å². The van der Waals surface area contributed by atoms with E-state index < -0.39 is 6.61 Å². The van der Waals surface area contributed by atoms with Gasteiger partial charge in [0.25, 0.3) is 0 Å². The van der Waals surface area contributed by atoms with Crippen LogP contribution in [0.5, 0.6) is 5.75 Å². The van der Waals surface area contributed by atoms with Crippen LogP contribution in [0.3, 0.4) is 0 Å². The standard InChI is InChI=1S/C11H13F2NO/c1-6-2-3-7(8-5-9(8)14)4-10(6)15-11(12)13/h2-4,8-9,11H,5,14H2,1H3/t8-,9+/m0/s1. The van der Waals surface area contributed by atoms with Crippen LogP contribution in [0.2, 0.25) is 0 Å². The molecule has 0 radical (unpaired) electrons. The zero-order valence-electron chi connectivity index (χ0n) is 8.41. The SMILES string of the molecule is Cc1ccc([C@@H]2C[C@H]2N)cc1OC(F)F. The minimum Gasteiger partial charge on any atom is -0.435 e. The molecule has 1 aliphatic rings. The molecule has 0 aliphatic heterocycles. The average Bonchev–Trinajstić information content (AvgIpc) is 2.86. The monoisotopic (exact) mass is 213 g/mol. The molecule has 0 spiro atoms. The Bertz CT molecular complexity index is 368. The van der Waals surface area contributed by atoms with Crippen molar-refractivity contribution in [2.24, 2.45) is 5.73 Å². The Morgan fingerprint density at radius 3 is 2.67 bits per heavy atom. The highest BCUT2D eigenvalue weighted by Gasteiger charge is 2.35. The van der Waals surface area contributed by atoms with Gasteiger partial charge in [-0.05, 0) is 30.5 Å². The number of benzene rings is 1. The van der Waals surface area contributed by atoms with E-state index in [9.17, 15) is 8.78 Å². The second-order valence-electron chi connectivity index (χ2n) is 3.91. The molecule has 1 saturated carbocycles. The maximum absolute atomic E-state index is 12.1. The summed E-state index contributed by atoms with van der Waals surface area (Å²) in [5.41, 5.74) is 7.40. The summed E-state index contributed by atoms with van der Waals surface area (Å²) < 4.78 is 28.6. The number of ether oxygens (including phenoxy) is 1. The summed E-state index contributed by atoms with van der Waals surface area (Å²) in [6.07, 6.45) is 0.928. The molecular formula is C11H13F2NO. The first-order chi connectivity index (χ1) is 7.08. The topological polar surface area (TPSA) is 35.2 Å². The van der Waals surface area contributed by atoms with E-state index in [2.05, 4.69) is 4.74 Å². The summed E-state index contributed by atoms with van der Waals surface area (Å²) in [6, 6.07) is 5.55. The molecule has 1 fully saturated rings. The van der Waals surface area contributed by atoms with Crippen molar-refractivity contribution in [1.82, 2.24) is 0 Å². The molecule has 2 nitrogen and oxygen atoms in total. The lowest BCUT2D eigenvalue weighted by Gasteiger charge is -2.09. The number of hydrogen-bond acceptors (Lipinski definition) is 2. The molecule has 82 valence electrons. The van der Waals surface area contributed by atoms with Gasteiger partial charge in [0.15, 0.2) is 0 Å². The van der Waals surface area contributed by atoms with Crippen LogP contribution in [-0.4, -0.2) is 12.7 Å². The van der Waals surface area contributed by atoms with Crippen LogP contribution in [0, 0.1) is 6.92 Å². The van der Waals surface area contributed by atoms with E-state index in [0.29, 0.717) is 11.5 Å². The average molecular weight is 213 g/mol. The Morgan fingerprint density at radius 1 is 1.47 bits per heavy atom. The third-order valence-corrected chi connectivity index (χ3v) is 2.70. The summed E-state index contributed by atoms with van der Waals surface area (Å²) in [5.74, 6) is 0.562. The Balaban J connectivity index is 2.21. The fraction of sp³-hybridized carbons (Fsp3) is 0.455. The van der Waals surface area contributed by atoms with Crippen LogP contribution < -0.4 is 10.5 Å². The van der Waals surface area contributed by atoms with E-state index in [1.54, 1.807) is 19.1 Å². The van der Waals surface area contributed by atoms with Crippen LogP contribution in [0.15, 0.2) is 18.2 Å². The lowest BCUT2D eigenvalue weighted by molar-refractivity contribution is -0.0503. The molecule has 1 aromatic rings. The van der Waals surface area contributed by atoms with Crippen molar-refractivity contribution in [2.45, 2.75) is 31.9 Å². The van der Waals surface area contributed by atoms with Gasteiger partial charge in [-0.15, -0.1) is 0 Å². The fourth-order valence-corrected chi connectivity index (χ4v) is 1.67. The Kier molecular flexibility index (Phi) is 2.61. The maximum Gasteiger partial charge on any atom is 0.387 e. The molecule has 2 N–H and O–H groups in total. The van der Waals surface area contributed by atoms with Crippen LogP contribution in [0.1, 0.15) is 23.5 Å². The maximum atomic E-state index is 12.1. The second kappa shape index (κ2) is 3.77. The minimum atomic E-state index is -2.77. The van der Waals surface area contributed by atoms with E-state index in [1.807, 2.05) is 6.07 Å². The zero-order chi connectivity index (χ0) is 11.0. The number of hydrogen-bond donors (Lipinski definition) is 1. The Labute approximate surface area is 87.0 Å². The quantitative estimate of drug-likeness (QED) is 0.836. The van der Waals surface area contributed by atoms with E-state index >= 15 is 0 Å². The number of rotatable bonds is 3. The zero-order valence-corrected chi connectivity index (χ0v) is 8.41. The largest absolute Gasteiger partial charge is 0.435 e. The van der Waals surface area contributed by atoms with Crippen LogP contribution in [0.4, 0.5) is 8.78 Å². The predicted molar refractivity (Wildman–Crippen MR) is 53.1 cm³/mol. The van der Waals surface area contributed by atoms with Crippen molar-refractivity contribution in [3.05, 3.63) is 29.3 Å². The molecule has 0 bridgehead atoms. The van der Waals surface area contributed by atoms with E-state index in [4.69, 9.17) is 5.73 Å². The molecule has 15 heavy (non-hydrogen) atoms. The molecule has 2 rings (SSSR count). The molecule has 0 aromatic heterocycles. The van der Waals surface area contributed by atoms with Gasteiger partial charge in [0.1, 0.15) is 5.75 Å². The molecule has 4 heteroatoms. The van der Waals surface area contributed by atoms with Gasteiger partial charge in [0, 0.05) is 12.0 Å². The van der Waals surface area contributed by atoms with Crippen molar-refractivity contribution < 1.29 is 13.5 Å². The summed E-state index contributed by atoms with van der Waals surface area (Å²) in [6.45, 7) is -1.03. The van der Waals surface area contributed by atoms with E-state index in [1.165, 1.54) is 0 Å². The van der Waals surface area contributed by atoms with Crippen LogP contribution >= 0.6 is 0 Å². The van der Waals surface area contributed by atoms with Gasteiger partial charge in [-0.2, -0.15) is 8.78 Å². The first-order valence-corrected chi connectivity index (χ1v) is 4.89. The van der Waals surface area contributed by atoms with Gasteiger partial charge < -0.3 is 10.5 Å². The molecular weight excluding hydrogens is 200 g/mol. The molecule has 0 heterocycles. The van der Waals surface area contributed by atoms with Gasteiger partial charge in [-0.25, -0.2) is 0 Å². The molecule has 1 aliphatic carbocycles. The van der Waals surface area contributed by atoms with Crippen molar-refractivity contribution >= 4 is 0 Å². The van der Waals surface area contributed by atoms with Crippen molar-refractivity contribution in [2.75, 3.05) is 0 Å². The van der Waals surface area contributed by atoms with Gasteiger partial charge in [0.2, 0.25) is 0 Å². The third-order valence-electron chi connectivity index (χ3n) is 2.70. The van der Waals surface area contributed by atoms with Gasteiger partial charge >= 0.3 is 6.61 Å². The molecule has 0 saturated heterocycles. The second-order valence-corrected chi connectivity index (χ2v) is 3.91. The van der Waals surface area contributed by atoms with Crippen LogP contribution in [-0.2, 0) is 0 Å². The predicted octanol–water partition coefficient (Wildman–Crippen LogP) is 2.41. The first-order valence-electron chi connectivity index (χ1n) is 4.89. The lowest BCUT2D eigenvalue weighted by atomic mass is 10.1. The summed E-state index contributed by atoms with van der Waals surface area (Å²) in [4.78, 5) is 0. The number of alkyl halides is 2. The summed E-state index contributed by atoms with van der Waals surface area (Å²) >= 11 is 0. The molecule has 0 unspecified atom stereocenters. The highest BCUT2D eigenvalue weighted by Crippen LogP contribution is 2.40. The Morgan fingerprint density at radius 2 is 2.13 bits per heavy atom. The first kappa shape index (κ1) is 10.4. The van der Waals surface area contributed by atoms with Crippen molar-refractivity contribution in [1.29, 1.82) is 0 Å². The van der Waals surface area contributed by atoms with Gasteiger partial charge in [-0.3, -0.25) is 0 Å².